The zero-order valence-corrected chi connectivity index (χ0v) is 11.2. The Bertz CT molecular complexity index is 466. The maximum atomic E-state index is 5.87. The van der Waals surface area contributed by atoms with Gasteiger partial charge in [0, 0.05) is 5.02 Å². The molecule has 0 radical (unpaired) electrons. The molecule has 1 nitrogen and oxygen atoms in total. The molecule has 0 aliphatic heterocycles. The minimum atomic E-state index is 0.682. The van der Waals surface area contributed by atoms with E-state index < -0.39 is 0 Å². The Morgan fingerprint density at radius 2 is 1.65 bits per heavy atom. The third-order valence-corrected chi connectivity index (χ3v) is 2.35. The molecule has 17 heavy (non-hydrogen) atoms. The van der Waals surface area contributed by atoms with Crippen LogP contribution in [0.4, 0.5) is 0 Å². The molecular formula is C15H17ClO. The summed E-state index contributed by atoms with van der Waals surface area (Å²) in [4.78, 5) is 0. The Morgan fingerprint density at radius 1 is 0.941 bits per heavy atom. The molecule has 0 N–H and O–H groups in total. The van der Waals surface area contributed by atoms with Crippen LogP contribution in [0, 0.1) is 6.92 Å². The van der Waals surface area contributed by atoms with Crippen LogP contribution >= 0.6 is 11.6 Å². The van der Waals surface area contributed by atoms with Crippen molar-refractivity contribution in [2.45, 2.75) is 20.8 Å². The Balaban J connectivity index is 0.000000686. The summed E-state index contributed by atoms with van der Waals surface area (Å²) in [6.07, 6.45) is 0. The average Bonchev–Trinajstić information content (AvgIpc) is 2.35. The molecule has 0 bridgehead atoms. The molecule has 2 aromatic carbocycles. The highest BCUT2D eigenvalue weighted by atomic mass is 35.5. The van der Waals surface area contributed by atoms with Crippen LogP contribution < -0.4 is 4.74 Å². The van der Waals surface area contributed by atoms with Crippen LogP contribution in [0.1, 0.15) is 19.4 Å². The van der Waals surface area contributed by atoms with Crippen molar-refractivity contribution in [3.8, 4) is 11.5 Å². The van der Waals surface area contributed by atoms with E-state index in [1.54, 1.807) is 6.07 Å². The lowest BCUT2D eigenvalue weighted by atomic mass is 10.2. The quantitative estimate of drug-likeness (QED) is 0.685. The van der Waals surface area contributed by atoms with Gasteiger partial charge in [0.05, 0.1) is 0 Å². The zero-order valence-electron chi connectivity index (χ0n) is 10.4. The second-order valence-electron chi connectivity index (χ2n) is 3.32. The van der Waals surface area contributed by atoms with E-state index in [9.17, 15) is 0 Å². The first-order chi connectivity index (χ1) is 8.25. The van der Waals surface area contributed by atoms with E-state index in [-0.39, 0.29) is 0 Å². The van der Waals surface area contributed by atoms with Gasteiger partial charge in [-0.3, -0.25) is 0 Å². The van der Waals surface area contributed by atoms with Gasteiger partial charge in [-0.1, -0.05) is 49.7 Å². The summed E-state index contributed by atoms with van der Waals surface area (Å²) in [5.41, 5.74) is 1.11. The minimum absolute atomic E-state index is 0.682. The van der Waals surface area contributed by atoms with Crippen molar-refractivity contribution in [3.63, 3.8) is 0 Å². The van der Waals surface area contributed by atoms with Crippen molar-refractivity contribution in [3.05, 3.63) is 59.1 Å². The van der Waals surface area contributed by atoms with Gasteiger partial charge in [-0.05, 0) is 36.8 Å². The van der Waals surface area contributed by atoms with E-state index in [0.29, 0.717) is 5.02 Å². The lowest BCUT2D eigenvalue weighted by molar-refractivity contribution is 0.479. The molecule has 0 saturated carbocycles. The van der Waals surface area contributed by atoms with Gasteiger partial charge in [-0.2, -0.15) is 0 Å². The van der Waals surface area contributed by atoms with Gasteiger partial charge in [0.15, 0.2) is 0 Å². The highest BCUT2D eigenvalue weighted by molar-refractivity contribution is 6.30. The van der Waals surface area contributed by atoms with Crippen LogP contribution in [0.25, 0.3) is 0 Å². The van der Waals surface area contributed by atoms with E-state index in [1.165, 1.54) is 0 Å². The van der Waals surface area contributed by atoms with E-state index in [2.05, 4.69) is 0 Å². The standard InChI is InChI=1S/C13H11ClO.C2H6/c1-10-5-2-3-8-13(10)15-12-7-4-6-11(14)9-12;1-2/h2-9H,1H3;1-2H3. The molecule has 0 aliphatic carbocycles. The maximum Gasteiger partial charge on any atom is 0.130 e. The Kier molecular flexibility index (Phi) is 5.58. The predicted molar refractivity (Wildman–Crippen MR) is 74.1 cm³/mol. The van der Waals surface area contributed by atoms with Gasteiger partial charge in [0.25, 0.3) is 0 Å². The molecule has 2 rings (SSSR count). The molecule has 2 heteroatoms. The Labute approximate surface area is 108 Å². The van der Waals surface area contributed by atoms with Crippen molar-refractivity contribution >= 4 is 11.6 Å². The summed E-state index contributed by atoms with van der Waals surface area (Å²) < 4.78 is 5.71. The molecule has 0 spiro atoms. The number of ether oxygens (including phenoxy) is 1. The fourth-order valence-corrected chi connectivity index (χ4v) is 1.51. The van der Waals surface area contributed by atoms with E-state index >= 15 is 0 Å². The monoisotopic (exact) mass is 248 g/mol. The number of hydrogen-bond acceptors (Lipinski definition) is 1. The largest absolute Gasteiger partial charge is 0.457 e. The first-order valence-corrected chi connectivity index (χ1v) is 6.12. The SMILES string of the molecule is CC.Cc1ccccc1Oc1cccc(Cl)c1. The highest BCUT2D eigenvalue weighted by Gasteiger charge is 2.00. The van der Waals surface area contributed by atoms with Crippen LogP contribution in [0.3, 0.4) is 0 Å². The topological polar surface area (TPSA) is 9.23 Å². The maximum absolute atomic E-state index is 5.87. The van der Waals surface area contributed by atoms with Gasteiger partial charge < -0.3 is 4.74 Å². The number of para-hydroxylation sites is 1. The second kappa shape index (κ2) is 6.97. The predicted octanol–water partition coefficient (Wildman–Crippen LogP) is 5.47. The molecule has 0 aromatic heterocycles. The number of aryl methyl sites for hydroxylation is 1. The Morgan fingerprint density at radius 3 is 2.29 bits per heavy atom. The van der Waals surface area contributed by atoms with Crippen molar-refractivity contribution < 1.29 is 4.74 Å². The molecule has 0 atom stereocenters. The van der Waals surface area contributed by atoms with Crippen LogP contribution in [-0.2, 0) is 0 Å². The second-order valence-corrected chi connectivity index (χ2v) is 3.76. The minimum Gasteiger partial charge on any atom is -0.457 e. The highest BCUT2D eigenvalue weighted by Crippen LogP contribution is 2.26. The molecule has 90 valence electrons. The van der Waals surface area contributed by atoms with E-state index in [0.717, 1.165) is 17.1 Å². The van der Waals surface area contributed by atoms with E-state index in [4.69, 9.17) is 16.3 Å². The Hall–Kier alpha value is -1.47. The van der Waals surface area contributed by atoms with Crippen molar-refractivity contribution in [2.75, 3.05) is 0 Å². The molecule has 2 aromatic rings. The fourth-order valence-electron chi connectivity index (χ4n) is 1.33. The van der Waals surface area contributed by atoms with Crippen LogP contribution in [0.5, 0.6) is 11.5 Å². The summed E-state index contributed by atoms with van der Waals surface area (Å²) in [6, 6.07) is 15.3. The van der Waals surface area contributed by atoms with Crippen LogP contribution in [0.15, 0.2) is 48.5 Å². The summed E-state index contributed by atoms with van der Waals surface area (Å²) in [7, 11) is 0. The number of halogens is 1. The molecule has 0 aliphatic rings. The van der Waals surface area contributed by atoms with Crippen LogP contribution in [0.2, 0.25) is 5.02 Å². The third kappa shape index (κ3) is 4.12. The van der Waals surface area contributed by atoms with Gasteiger partial charge in [-0.15, -0.1) is 0 Å². The van der Waals surface area contributed by atoms with Crippen molar-refractivity contribution in [1.82, 2.24) is 0 Å². The lowest BCUT2D eigenvalue weighted by Gasteiger charge is -2.08. The molecule has 0 fully saturated rings. The zero-order chi connectivity index (χ0) is 12.7. The van der Waals surface area contributed by atoms with Gasteiger partial charge in [0.2, 0.25) is 0 Å². The fraction of sp³-hybridized carbons (Fsp3) is 0.200. The van der Waals surface area contributed by atoms with Crippen molar-refractivity contribution in [1.29, 1.82) is 0 Å². The number of hydrogen-bond donors (Lipinski definition) is 0. The summed E-state index contributed by atoms with van der Waals surface area (Å²) >= 11 is 5.87. The molecule has 0 unspecified atom stereocenters. The van der Waals surface area contributed by atoms with Crippen LogP contribution in [-0.4, -0.2) is 0 Å². The summed E-state index contributed by atoms with van der Waals surface area (Å²) in [5.74, 6) is 1.62. The average molecular weight is 249 g/mol. The summed E-state index contributed by atoms with van der Waals surface area (Å²) in [5, 5.41) is 0.682. The number of benzene rings is 2. The molecule has 0 heterocycles. The smallest absolute Gasteiger partial charge is 0.130 e. The van der Waals surface area contributed by atoms with Gasteiger partial charge >= 0.3 is 0 Å². The molecular weight excluding hydrogens is 232 g/mol. The molecule has 0 amide bonds. The lowest BCUT2D eigenvalue weighted by Crippen LogP contribution is -1.86. The van der Waals surface area contributed by atoms with E-state index in [1.807, 2.05) is 63.2 Å². The summed E-state index contributed by atoms with van der Waals surface area (Å²) in [6.45, 7) is 6.01. The van der Waals surface area contributed by atoms with Crippen molar-refractivity contribution in [2.24, 2.45) is 0 Å². The van der Waals surface area contributed by atoms with Gasteiger partial charge in [-0.25, -0.2) is 0 Å². The molecule has 0 saturated heterocycles. The van der Waals surface area contributed by atoms with Gasteiger partial charge in [0.1, 0.15) is 11.5 Å². The number of rotatable bonds is 2. The first kappa shape index (κ1) is 13.6. The first-order valence-electron chi connectivity index (χ1n) is 5.75. The third-order valence-electron chi connectivity index (χ3n) is 2.12. The normalized spacial score (nSPS) is 9.18.